The molecule has 105 heavy (non-hydrogen) atoms. The van der Waals surface area contributed by atoms with Gasteiger partial charge in [-0.2, -0.15) is 0 Å². The molecule has 0 saturated heterocycles. The second-order valence-electron chi connectivity index (χ2n) is 28.6. The molecule has 2 aromatic rings. The molecular formula is C88H146CaO14S2. The normalized spacial score (nSPS) is 11.8. The Morgan fingerprint density at radius 1 is 0.267 bits per heavy atom. The van der Waals surface area contributed by atoms with Gasteiger partial charge in [0.1, 0.15) is 20.2 Å². The average molecular weight is 1530 g/mol. The number of unbranched alkanes of at least 4 members (excludes halogenated alkanes) is 48. The van der Waals surface area contributed by atoms with E-state index in [0.717, 1.165) is 128 Å². The van der Waals surface area contributed by atoms with Crippen molar-refractivity contribution in [3.05, 3.63) is 107 Å². The van der Waals surface area contributed by atoms with Crippen molar-refractivity contribution in [3.8, 4) is 0 Å². The first-order valence-corrected chi connectivity index (χ1v) is 44.9. The number of benzene rings is 2. The van der Waals surface area contributed by atoms with Crippen LogP contribution in [0.1, 0.15) is 429 Å². The van der Waals surface area contributed by atoms with Crippen LogP contribution in [0, 0.1) is 0 Å². The Morgan fingerprint density at radius 3 is 0.629 bits per heavy atom. The van der Waals surface area contributed by atoms with Crippen molar-refractivity contribution in [1.29, 1.82) is 0 Å². The first-order valence-electron chi connectivity index (χ1n) is 42.1. The number of allylic oxidation sites excluding steroid dienone is 8. The molecule has 0 amide bonds. The predicted molar refractivity (Wildman–Crippen MR) is 434 cm³/mol. The summed E-state index contributed by atoms with van der Waals surface area (Å²) in [6, 6.07) is 7.22. The summed E-state index contributed by atoms with van der Waals surface area (Å²) in [5, 5.41) is 0. The minimum Gasteiger partial charge on any atom is -0.744 e. The van der Waals surface area contributed by atoms with Gasteiger partial charge in [0, 0.05) is 0 Å². The smallest absolute Gasteiger partial charge is 0.744 e. The van der Waals surface area contributed by atoms with Crippen LogP contribution in [0.5, 0.6) is 0 Å². The third kappa shape index (κ3) is 58.9. The van der Waals surface area contributed by atoms with Crippen LogP contribution < -0.4 is 0 Å². The molecule has 0 aliphatic carbocycles. The van der Waals surface area contributed by atoms with Crippen molar-refractivity contribution < 1.29 is 64.1 Å². The van der Waals surface area contributed by atoms with Gasteiger partial charge in [-0.05, 0) is 153 Å². The summed E-state index contributed by atoms with van der Waals surface area (Å²) in [7, 11) is -10.0. The molecule has 0 unspecified atom stereocenters. The van der Waals surface area contributed by atoms with E-state index in [1.807, 2.05) is 0 Å². The molecule has 0 spiro atoms. The Labute approximate surface area is 671 Å². The van der Waals surface area contributed by atoms with Crippen LogP contribution >= 0.6 is 0 Å². The molecule has 596 valence electrons. The molecule has 0 aliphatic rings. The summed E-state index contributed by atoms with van der Waals surface area (Å²) in [5.41, 5.74) is -1.58. The molecule has 0 radical (unpaired) electrons. The molecule has 2 rings (SSSR count). The Balaban J connectivity index is 0.00000204. The van der Waals surface area contributed by atoms with Crippen LogP contribution in [0.2, 0.25) is 0 Å². The summed E-state index contributed by atoms with van der Waals surface area (Å²) in [6.45, 7) is 9.45. The minimum atomic E-state index is -5.02. The van der Waals surface area contributed by atoms with E-state index in [2.05, 4.69) is 76.3 Å². The zero-order chi connectivity index (χ0) is 75.9. The van der Waals surface area contributed by atoms with Gasteiger partial charge in [0.2, 0.25) is 0 Å². The topological polar surface area (TPSA) is 220 Å². The number of carbonyl (C=O) groups is 4. The van der Waals surface area contributed by atoms with Crippen molar-refractivity contribution in [1.82, 2.24) is 0 Å². The molecule has 2 aromatic carbocycles. The molecule has 14 nitrogen and oxygen atoms in total. The van der Waals surface area contributed by atoms with E-state index in [1.165, 1.54) is 243 Å². The Kier molecular flexibility index (Phi) is 70.6. The monoisotopic (exact) mass is 1530 g/mol. The second-order valence-corrected chi connectivity index (χ2v) is 31.3. The van der Waals surface area contributed by atoms with Crippen molar-refractivity contribution in [2.75, 3.05) is 26.4 Å². The molecule has 0 bridgehead atoms. The van der Waals surface area contributed by atoms with Gasteiger partial charge in [-0.15, -0.1) is 0 Å². The average Bonchev–Trinajstić information content (AvgIpc) is 0.799. The van der Waals surface area contributed by atoms with Crippen LogP contribution in [0.4, 0.5) is 0 Å². The summed E-state index contributed by atoms with van der Waals surface area (Å²) in [6.07, 6.45) is 83.6. The van der Waals surface area contributed by atoms with Gasteiger partial charge in [0.05, 0.1) is 58.5 Å². The first-order chi connectivity index (χ1) is 50.6. The third-order valence-corrected chi connectivity index (χ3v) is 20.8. The largest absolute Gasteiger partial charge is 2.00 e. The molecular weight excluding hydrogens is 1390 g/mol. The van der Waals surface area contributed by atoms with Crippen molar-refractivity contribution >= 4 is 81.9 Å². The zero-order valence-electron chi connectivity index (χ0n) is 66.7. The number of esters is 4. The summed E-state index contributed by atoms with van der Waals surface area (Å²) in [5.74, 6) is -3.65. The maximum atomic E-state index is 13.0. The molecule has 0 N–H and O–H groups in total. The van der Waals surface area contributed by atoms with Gasteiger partial charge in [-0.1, -0.05) is 320 Å². The number of carbonyl (C=O) groups excluding carboxylic acids is 4. The van der Waals surface area contributed by atoms with Crippen LogP contribution in [0.3, 0.4) is 0 Å². The SMILES string of the molecule is CCCCCCCC/C=C/CCCCCCCCOC(=O)c1cccc(S(=O)(=O)[O-])c1C(=O)OCCCCCCCC/C=C/CCCCCCCC.CCCCCCCC/C=C/CCCCCCCCOC(=O)c1cccc(S(=O)(=O)[O-])c1C(=O)OCCCCCCCC/C=C/CCCCCCCC.[Ca+2]. The van der Waals surface area contributed by atoms with Gasteiger partial charge in [-0.3, -0.25) is 0 Å². The minimum absolute atomic E-state index is 0. The van der Waals surface area contributed by atoms with Crippen LogP contribution in [0.25, 0.3) is 0 Å². The van der Waals surface area contributed by atoms with Crippen LogP contribution in [0.15, 0.2) is 94.8 Å². The summed E-state index contributed by atoms with van der Waals surface area (Å²) >= 11 is 0. The van der Waals surface area contributed by atoms with Gasteiger partial charge in [-0.25, -0.2) is 36.0 Å². The Bertz CT molecular complexity index is 2610. The quantitative estimate of drug-likeness (QED) is 0.0150. The molecule has 0 saturated carbocycles. The second kappa shape index (κ2) is 73.2. The molecule has 0 aromatic heterocycles. The van der Waals surface area contributed by atoms with Crippen molar-refractivity contribution in [2.45, 2.75) is 397 Å². The molecule has 0 heterocycles. The van der Waals surface area contributed by atoms with E-state index in [1.54, 1.807) is 0 Å². The molecule has 0 atom stereocenters. The summed E-state index contributed by atoms with van der Waals surface area (Å²) < 4.78 is 93.3. The van der Waals surface area contributed by atoms with E-state index >= 15 is 0 Å². The fraction of sp³-hybridized carbons (Fsp3) is 0.727. The maximum absolute atomic E-state index is 13.0. The van der Waals surface area contributed by atoms with E-state index in [0.29, 0.717) is 25.7 Å². The fourth-order valence-corrected chi connectivity index (χ4v) is 14.0. The van der Waals surface area contributed by atoms with E-state index in [4.69, 9.17) is 18.9 Å². The van der Waals surface area contributed by atoms with E-state index in [9.17, 15) is 45.1 Å². The number of ether oxygens (including phenoxy) is 4. The maximum Gasteiger partial charge on any atom is 2.00 e. The third-order valence-electron chi connectivity index (χ3n) is 19.0. The van der Waals surface area contributed by atoms with Crippen LogP contribution in [-0.4, -0.2) is 114 Å². The predicted octanol–water partition coefficient (Wildman–Crippen LogP) is 25.6. The zero-order valence-corrected chi connectivity index (χ0v) is 70.6. The van der Waals surface area contributed by atoms with Crippen molar-refractivity contribution in [3.63, 3.8) is 0 Å². The molecule has 0 fully saturated rings. The van der Waals surface area contributed by atoms with Crippen molar-refractivity contribution in [2.24, 2.45) is 0 Å². The number of rotatable bonds is 70. The number of hydrogen-bond donors (Lipinski definition) is 0. The number of hydrogen-bond acceptors (Lipinski definition) is 14. The van der Waals surface area contributed by atoms with E-state index in [-0.39, 0.29) is 75.3 Å². The molecule has 0 aliphatic heterocycles. The Hall–Kier alpha value is -3.64. The van der Waals surface area contributed by atoms with Gasteiger partial charge >= 0.3 is 61.6 Å². The van der Waals surface area contributed by atoms with Gasteiger partial charge < -0.3 is 28.1 Å². The van der Waals surface area contributed by atoms with Gasteiger partial charge in [0.15, 0.2) is 0 Å². The van der Waals surface area contributed by atoms with Crippen LogP contribution in [-0.2, 0) is 39.2 Å². The van der Waals surface area contributed by atoms with E-state index < -0.39 is 65.0 Å². The fourth-order valence-electron chi connectivity index (χ4n) is 12.6. The first kappa shape index (κ1) is 101. The standard InChI is InChI=1S/2C44H74O7S.Ca/c2*1-3-5-7-9-11-13-15-17-19-21-23-25-27-29-31-33-38-50-43(45)40-36-35-37-41(52(47,48)49)42(40)44(46)51-39-34-32-30-28-26-24-22-20-18-16-14-12-10-8-6-4-2;/h2*17-20,35-37H,3-16,21-34,38-39H2,1-2H3,(H,47,48,49);/q;;+2/p-2/b2*19-17+,20-18+;. The molecule has 17 heteroatoms. The summed E-state index contributed by atoms with van der Waals surface area (Å²) in [4.78, 5) is 50.3. The Morgan fingerprint density at radius 2 is 0.438 bits per heavy atom. The van der Waals surface area contributed by atoms with Gasteiger partial charge in [0.25, 0.3) is 0 Å².